The molecule has 7 heteroatoms. The molecule has 0 atom stereocenters. The van der Waals surface area contributed by atoms with Gasteiger partial charge in [0.15, 0.2) is 0 Å². The van der Waals surface area contributed by atoms with Gasteiger partial charge in [0.05, 0.1) is 24.4 Å². The first kappa shape index (κ1) is 15.7. The largest absolute Gasteiger partial charge is 0.497 e. The highest BCUT2D eigenvalue weighted by atomic mass is 19.1. The summed E-state index contributed by atoms with van der Waals surface area (Å²) in [4.78, 5) is 18.9. The number of methoxy groups -OCH3 is 1. The van der Waals surface area contributed by atoms with Gasteiger partial charge in [-0.2, -0.15) is 0 Å². The highest BCUT2D eigenvalue weighted by Crippen LogP contribution is 2.30. The number of aromatic nitrogens is 2. The molecule has 2 aromatic carbocycles. The Hall–Kier alpha value is -3.22. The van der Waals surface area contributed by atoms with Gasteiger partial charge in [0.1, 0.15) is 23.6 Å². The highest BCUT2D eigenvalue weighted by molar-refractivity contribution is 5.84. The van der Waals surface area contributed by atoms with E-state index in [1.54, 1.807) is 25.3 Å². The van der Waals surface area contributed by atoms with Crippen LogP contribution in [-0.4, -0.2) is 28.2 Å². The van der Waals surface area contributed by atoms with Crippen LogP contribution in [0.5, 0.6) is 17.4 Å². The number of hydrogen-bond acceptors (Lipinski definition) is 5. The molecule has 0 spiro atoms. The number of halogens is 1. The number of carboxylic acid groups (broad SMARTS) is 1. The van der Waals surface area contributed by atoms with Crippen molar-refractivity contribution >= 4 is 16.9 Å². The quantitative estimate of drug-likeness (QED) is 0.774. The molecule has 24 heavy (non-hydrogen) atoms. The molecule has 1 heterocycles. The van der Waals surface area contributed by atoms with Crippen LogP contribution in [0.25, 0.3) is 10.9 Å². The second-order valence-electron chi connectivity index (χ2n) is 4.99. The van der Waals surface area contributed by atoms with Gasteiger partial charge in [0, 0.05) is 6.07 Å². The number of ether oxygens (including phenoxy) is 2. The van der Waals surface area contributed by atoms with Crippen LogP contribution in [0.15, 0.2) is 42.7 Å². The summed E-state index contributed by atoms with van der Waals surface area (Å²) >= 11 is 0. The lowest BCUT2D eigenvalue weighted by atomic mass is 10.1. The molecule has 0 amide bonds. The minimum absolute atomic E-state index is 0.0871. The van der Waals surface area contributed by atoms with Gasteiger partial charge in [0.25, 0.3) is 0 Å². The number of benzene rings is 2. The van der Waals surface area contributed by atoms with Crippen molar-refractivity contribution < 1.29 is 23.8 Å². The normalized spacial score (nSPS) is 10.6. The minimum atomic E-state index is -1.10. The van der Waals surface area contributed by atoms with Crippen LogP contribution >= 0.6 is 0 Å². The van der Waals surface area contributed by atoms with E-state index in [0.29, 0.717) is 16.7 Å². The Morgan fingerprint density at radius 2 is 1.96 bits per heavy atom. The molecule has 0 bridgehead atoms. The molecule has 0 aliphatic rings. The van der Waals surface area contributed by atoms with Gasteiger partial charge in [-0.3, -0.25) is 4.79 Å². The lowest BCUT2D eigenvalue weighted by molar-refractivity contribution is -0.136. The number of hydrogen-bond donors (Lipinski definition) is 1. The summed E-state index contributed by atoms with van der Waals surface area (Å²) in [6.45, 7) is 0. The SMILES string of the molecule is COc1ccc2ncnc(Oc3ccc(CC(=O)O)c(F)c3)c2c1. The molecule has 6 nitrogen and oxygen atoms in total. The van der Waals surface area contributed by atoms with Crippen LogP contribution in [0.2, 0.25) is 0 Å². The lowest BCUT2D eigenvalue weighted by Gasteiger charge is -2.09. The molecule has 122 valence electrons. The third-order valence-electron chi connectivity index (χ3n) is 3.39. The van der Waals surface area contributed by atoms with Gasteiger partial charge in [0.2, 0.25) is 5.88 Å². The van der Waals surface area contributed by atoms with Gasteiger partial charge >= 0.3 is 5.97 Å². The lowest BCUT2D eigenvalue weighted by Crippen LogP contribution is -2.02. The third kappa shape index (κ3) is 3.24. The van der Waals surface area contributed by atoms with Crippen LogP contribution < -0.4 is 9.47 Å². The fourth-order valence-electron chi connectivity index (χ4n) is 2.23. The Kier molecular flexibility index (Phi) is 4.24. The average Bonchev–Trinajstić information content (AvgIpc) is 2.57. The first-order chi connectivity index (χ1) is 11.6. The maximum Gasteiger partial charge on any atom is 0.307 e. The predicted octanol–water partition coefficient (Wildman–Crippen LogP) is 3.20. The number of carboxylic acids is 1. The van der Waals surface area contributed by atoms with E-state index < -0.39 is 11.8 Å². The number of fused-ring (bicyclic) bond motifs is 1. The Morgan fingerprint density at radius 3 is 2.67 bits per heavy atom. The molecular formula is C17H13FN2O4. The molecule has 0 aliphatic carbocycles. The summed E-state index contributed by atoms with van der Waals surface area (Å²) < 4.78 is 24.8. The van der Waals surface area contributed by atoms with E-state index in [-0.39, 0.29) is 23.6 Å². The smallest absolute Gasteiger partial charge is 0.307 e. The van der Waals surface area contributed by atoms with Crippen LogP contribution in [0, 0.1) is 5.82 Å². The average molecular weight is 328 g/mol. The van der Waals surface area contributed by atoms with E-state index in [1.807, 2.05) is 0 Å². The predicted molar refractivity (Wildman–Crippen MR) is 83.9 cm³/mol. The first-order valence-corrected chi connectivity index (χ1v) is 7.03. The molecule has 0 aliphatic heterocycles. The van der Waals surface area contributed by atoms with Crippen LogP contribution in [0.3, 0.4) is 0 Å². The number of carbonyl (C=O) groups is 1. The minimum Gasteiger partial charge on any atom is -0.497 e. The van der Waals surface area contributed by atoms with Crippen molar-refractivity contribution in [2.45, 2.75) is 6.42 Å². The van der Waals surface area contributed by atoms with Gasteiger partial charge in [-0.05, 0) is 29.8 Å². The van der Waals surface area contributed by atoms with Crippen molar-refractivity contribution in [2.24, 2.45) is 0 Å². The van der Waals surface area contributed by atoms with Crippen molar-refractivity contribution in [3.05, 3.63) is 54.1 Å². The van der Waals surface area contributed by atoms with Crippen LogP contribution in [0.1, 0.15) is 5.56 Å². The molecule has 0 unspecified atom stereocenters. The first-order valence-electron chi connectivity index (χ1n) is 7.03. The fraction of sp³-hybridized carbons (Fsp3) is 0.118. The molecule has 1 aromatic heterocycles. The zero-order chi connectivity index (χ0) is 17.1. The zero-order valence-corrected chi connectivity index (χ0v) is 12.7. The van der Waals surface area contributed by atoms with Gasteiger partial charge < -0.3 is 14.6 Å². The van der Waals surface area contributed by atoms with Crippen molar-refractivity contribution in [3.8, 4) is 17.4 Å². The van der Waals surface area contributed by atoms with Gasteiger partial charge in [-0.25, -0.2) is 14.4 Å². The standard InChI is InChI=1S/C17H13FN2O4/c1-23-11-4-5-15-13(7-11)17(20-9-19-15)24-12-3-2-10(6-16(21)22)14(18)8-12/h2-5,7-9H,6H2,1H3,(H,21,22). The molecule has 0 saturated carbocycles. The van der Waals surface area contributed by atoms with Gasteiger partial charge in [-0.1, -0.05) is 6.07 Å². The molecule has 0 radical (unpaired) electrons. The molecule has 0 fully saturated rings. The summed E-state index contributed by atoms with van der Waals surface area (Å²) in [5, 5.41) is 9.35. The van der Waals surface area contributed by atoms with E-state index in [0.717, 1.165) is 6.07 Å². The van der Waals surface area contributed by atoms with Crippen molar-refractivity contribution in [1.29, 1.82) is 0 Å². The Morgan fingerprint density at radius 1 is 1.17 bits per heavy atom. The second-order valence-corrected chi connectivity index (χ2v) is 4.99. The monoisotopic (exact) mass is 328 g/mol. The number of nitrogens with zero attached hydrogens (tertiary/aromatic N) is 2. The van der Waals surface area contributed by atoms with Crippen LogP contribution in [-0.2, 0) is 11.2 Å². The van der Waals surface area contributed by atoms with E-state index in [1.165, 1.54) is 18.5 Å². The van der Waals surface area contributed by atoms with E-state index in [9.17, 15) is 9.18 Å². The Balaban J connectivity index is 1.95. The molecular weight excluding hydrogens is 315 g/mol. The number of aliphatic carboxylic acids is 1. The van der Waals surface area contributed by atoms with Crippen molar-refractivity contribution in [1.82, 2.24) is 9.97 Å². The molecule has 0 saturated heterocycles. The summed E-state index contributed by atoms with van der Waals surface area (Å²) in [7, 11) is 1.54. The highest BCUT2D eigenvalue weighted by Gasteiger charge is 2.11. The third-order valence-corrected chi connectivity index (χ3v) is 3.39. The Bertz CT molecular complexity index is 914. The molecule has 3 rings (SSSR count). The van der Waals surface area contributed by atoms with E-state index in [2.05, 4.69) is 9.97 Å². The zero-order valence-electron chi connectivity index (χ0n) is 12.7. The topological polar surface area (TPSA) is 81.5 Å². The van der Waals surface area contributed by atoms with Gasteiger partial charge in [-0.15, -0.1) is 0 Å². The Labute approximate surface area is 136 Å². The van der Waals surface area contributed by atoms with Crippen molar-refractivity contribution in [3.63, 3.8) is 0 Å². The number of rotatable bonds is 5. The van der Waals surface area contributed by atoms with Crippen LogP contribution in [0.4, 0.5) is 4.39 Å². The summed E-state index contributed by atoms with van der Waals surface area (Å²) in [6, 6.07) is 9.25. The summed E-state index contributed by atoms with van der Waals surface area (Å²) in [5.74, 6) is -0.666. The van der Waals surface area contributed by atoms with E-state index >= 15 is 0 Å². The maximum atomic E-state index is 13.9. The molecule has 3 aromatic rings. The van der Waals surface area contributed by atoms with Crippen molar-refractivity contribution in [2.75, 3.05) is 7.11 Å². The van der Waals surface area contributed by atoms with E-state index in [4.69, 9.17) is 14.6 Å². The summed E-state index contributed by atoms with van der Waals surface area (Å²) in [6.07, 6.45) is 0.957. The second kappa shape index (κ2) is 6.49. The summed E-state index contributed by atoms with van der Waals surface area (Å²) in [5.41, 5.74) is 0.743. The fourth-order valence-corrected chi connectivity index (χ4v) is 2.23. The maximum absolute atomic E-state index is 13.9. The molecule has 1 N–H and O–H groups in total.